The maximum atomic E-state index is 12.6. The minimum absolute atomic E-state index is 0.224. The van der Waals surface area contributed by atoms with Gasteiger partial charge < -0.3 is 10.1 Å². The molecule has 0 amide bonds. The molecule has 1 rings (SSSR count). The Kier molecular flexibility index (Phi) is 5.50. The Balaban J connectivity index is 2.07. The first-order chi connectivity index (χ1) is 7.68. The monoisotopic (exact) mass is 225 g/mol. The molecule has 0 fully saturated rings. The molecule has 0 bridgehead atoms. The Hall–Kier alpha value is -1.42. The number of rotatable bonds is 6. The van der Waals surface area contributed by atoms with Crippen LogP contribution in [-0.4, -0.2) is 19.1 Å². The molecule has 0 heterocycles. The summed E-state index contributed by atoms with van der Waals surface area (Å²) in [6.45, 7) is 3.29. The van der Waals surface area contributed by atoms with Crippen LogP contribution in [0.3, 0.4) is 0 Å². The van der Waals surface area contributed by atoms with Crippen molar-refractivity contribution in [3.05, 3.63) is 35.6 Å². The number of carbonyl (C=O) groups is 1. The SMILES string of the molecule is CC(=O)OCCCNCc1ccc(F)cc1. The zero-order valence-electron chi connectivity index (χ0n) is 9.33. The highest BCUT2D eigenvalue weighted by Crippen LogP contribution is 2.01. The first-order valence-corrected chi connectivity index (χ1v) is 5.27. The molecule has 3 nitrogen and oxygen atoms in total. The summed E-state index contributed by atoms with van der Waals surface area (Å²) in [4.78, 5) is 10.5. The summed E-state index contributed by atoms with van der Waals surface area (Å²) in [5.41, 5.74) is 1.04. The standard InChI is InChI=1S/C12H16FNO2/c1-10(15)16-8-2-7-14-9-11-3-5-12(13)6-4-11/h3-6,14H,2,7-9H2,1H3. The molecule has 0 aliphatic carbocycles. The van der Waals surface area contributed by atoms with Crippen molar-refractivity contribution >= 4 is 5.97 Å². The summed E-state index contributed by atoms with van der Waals surface area (Å²) in [5.74, 6) is -0.475. The lowest BCUT2D eigenvalue weighted by molar-refractivity contribution is -0.141. The maximum Gasteiger partial charge on any atom is 0.302 e. The highest BCUT2D eigenvalue weighted by molar-refractivity contribution is 5.65. The van der Waals surface area contributed by atoms with E-state index in [0.29, 0.717) is 13.2 Å². The zero-order valence-corrected chi connectivity index (χ0v) is 9.33. The molecule has 88 valence electrons. The Morgan fingerprint density at radius 2 is 2.06 bits per heavy atom. The second-order valence-corrected chi connectivity index (χ2v) is 3.50. The smallest absolute Gasteiger partial charge is 0.302 e. The maximum absolute atomic E-state index is 12.6. The van der Waals surface area contributed by atoms with Gasteiger partial charge in [0.15, 0.2) is 0 Å². The molecule has 1 aromatic rings. The van der Waals surface area contributed by atoms with Gasteiger partial charge in [-0.1, -0.05) is 12.1 Å². The summed E-state index contributed by atoms with van der Waals surface area (Å²) in [6.07, 6.45) is 0.779. The molecule has 0 saturated heterocycles. The number of halogens is 1. The third kappa shape index (κ3) is 5.46. The Morgan fingerprint density at radius 1 is 1.38 bits per heavy atom. The van der Waals surface area contributed by atoms with Gasteiger partial charge in [-0.15, -0.1) is 0 Å². The molecule has 16 heavy (non-hydrogen) atoms. The molecule has 1 aromatic carbocycles. The van der Waals surface area contributed by atoms with E-state index in [1.807, 2.05) is 0 Å². The average Bonchev–Trinajstić information content (AvgIpc) is 2.25. The summed E-state index contributed by atoms with van der Waals surface area (Å²) in [6, 6.07) is 6.37. The van der Waals surface area contributed by atoms with E-state index < -0.39 is 0 Å². The summed E-state index contributed by atoms with van der Waals surface area (Å²) >= 11 is 0. The van der Waals surface area contributed by atoms with Crippen molar-refractivity contribution in [1.29, 1.82) is 0 Å². The van der Waals surface area contributed by atoms with Gasteiger partial charge in [-0.2, -0.15) is 0 Å². The van der Waals surface area contributed by atoms with Gasteiger partial charge in [0.05, 0.1) is 6.61 Å². The molecule has 4 heteroatoms. The lowest BCUT2D eigenvalue weighted by atomic mass is 10.2. The van der Waals surface area contributed by atoms with Crippen LogP contribution in [0, 0.1) is 5.82 Å². The highest BCUT2D eigenvalue weighted by atomic mass is 19.1. The van der Waals surface area contributed by atoms with E-state index in [0.717, 1.165) is 18.5 Å². The summed E-state index contributed by atoms with van der Waals surface area (Å²) in [5, 5.41) is 3.18. The topological polar surface area (TPSA) is 38.3 Å². The number of benzene rings is 1. The van der Waals surface area contributed by atoms with Gasteiger partial charge in [-0.25, -0.2) is 4.39 Å². The fraction of sp³-hybridized carbons (Fsp3) is 0.417. The van der Waals surface area contributed by atoms with Crippen molar-refractivity contribution in [3.63, 3.8) is 0 Å². The van der Waals surface area contributed by atoms with E-state index in [2.05, 4.69) is 5.32 Å². The Morgan fingerprint density at radius 3 is 2.69 bits per heavy atom. The lowest BCUT2D eigenvalue weighted by Gasteiger charge is -2.05. The quantitative estimate of drug-likeness (QED) is 0.593. The van der Waals surface area contributed by atoms with E-state index in [4.69, 9.17) is 4.74 Å². The van der Waals surface area contributed by atoms with E-state index in [-0.39, 0.29) is 11.8 Å². The number of nitrogens with one attached hydrogen (secondary N) is 1. The van der Waals surface area contributed by atoms with Crippen LogP contribution < -0.4 is 5.32 Å². The van der Waals surface area contributed by atoms with Gasteiger partial charge in [-0.3, -0.25) is 4.79 Å². The molecular formula is C12H16FNO2. The van der Waals surface area contributed by atoms with Crippen LogP contribution in [0.4, 0.5) is 4.39 Å². The van der Waals surface area contributed by atoms with Crippen LogP contribution in [0.15, 0.2) is 24.3 Å². The van der Waals surface area contributed by atoms with Crippen LogP contribution in [-0.2, 0) is 16.1 Å². The first kappa shape index (κ1) is 12.6. The highest BCUT2D eigenvalue weighted by Gasteiger charge is 1.95. The Bertz CT molecular complexity index is 324. The van der Waals surface area contributed by atoms with Gasteiger partial charge in [-0.05, 0) is 30.7 Å². The molecule has 0 radical (unpaired) electrons. The van der Waals surface area contributed by atoms with Crippen LogP contribution in [0.25, 0.3) is 0 Å². The van der Waals surface area contributed by atoms with Crippen LogP contribution in [0.2, 0.25) is 0 Å². The van der Waals surface area contributed by atoms with E-state index in [1.165, 1.54) is 19.1 Å². The number of hydrogen-bond donors (Lipinski definition) is 1. The van der Waals surface area contributed by atoms with Crippen LogP contribution in [0.1, 0.15) is 18.9 Å². The van der Waals surface area contributed by atoms with Gasteiger partial charge in [0, 0.05) is 13.5 Å². The molecule has 0 aliphatic heterocycles. The molecule has 1 N–H and O–H groups in total. The minimum atomic E-state index is -0.251. The van der Waals surface area contributed by atoms with E-state index in [9.17, 15) is 9.18 Å². The predicted molar refractivity (Wildman–Crippen MR) is 59.4 cm³/mol. The van der Waals surface area contributed by atoms with Crippen LogP contribution in [0.5, 0.6) is 0 Å². The fourth-order valence-electron chi connectivity index (χ4n) is 1.25. The van der Waals surface area contributed by atoms with Crippen molar-refractivity contribution in [2.45, 2.75) is 19.9 Å². The largest absolute Gasteiger partial charge is 0.466 e. The lowest BCUT2D eigenvalue weighted by Crippen LogP contribution is -2.16. The van der Waals surface area contributed by atoms with Gasteiger partial charge in [0.1, 0.15) is 5.82 Å². The van der Waals surface area contributed by atoms with Gasteiger partial charge in [0.2, 0.25) is 0 Å². The minimum Gasteiger partial charge on any atom is -0.466 e. The molecule has 0 unspecified atom stereocenters. The number of hydrogen-bond acceptors (Lipinski definition) is 3. The second-order valence-electron chi connectivity index (χ2n) is 3.50. The number of ether oxygens (including phenoxy) is 1. The zero-order chi connectivity index (χ0) is 11.8. The van der Waals surface area contributed by atoms with Gasteiger partial charge in [0.25, 0.3) is 0 Å². The summed E-state index contributed by atoms with van der Waals surface area (Å²) in [7, 11) is 0. The van der Waals surface area contributed by atoms with Gasteiger partial charge >= 0.3 is 5.97 Å². The number of carbonyl (C=O) groups excluding carboxylic acids is 1. The van der Waals surface area contributed by atoms with E-state index in [1.54, 1.807) is 12.1 Å². The molecule has 0 spiro atoms. The molecular weight excluding hydrogens is 209 g/mol. The van der Waals surface area contributed by atoms with E-state index >= 15 is 0 Å². The normalized spacial score (nSPS) is 10.1. The summed E-state index contributed by atoms with van der Waals surface area (Å²) < 4.78 is 17.4. The number of esters is 1. The molecule has 0 saturated carbocycles. The average molecular weight is 225 g/mol. The van der Waals surface area contributed by atoms with Crippen molar-refractivity contribution < 1.29 is 13.9 Å². The fourth-order valence-corrected chi connectivity index (χ4v) is 1.25. The van der Waals surface area contributed by atoms with Crippen molar-refractivity contribution in [2.24, 2.45) is 0 Å². The Labute approximate surface area is 94.6 Å². The van der Waals surface area contributed by atoms with Crippen molar-refractivity contribution in [1.82, 2.24) is 5.32 Å². The third-order valence-electron chi connectivity index (χ3n) is 2.05. The van der Waals surface area contributed by atoms with Crippen molar-refractivity contribution in [3.8, 4) is 0 Å². The second kappa shape index (κ2) is 6.95. The molecule has 0 atom stereocenters. The molecule has 0 aromatic heterocycles. The predicted octanol–water partition coefficient (Wildman–Crippen LogP) is 1.87. The first-order valence-electron chi connectivity index (χ1n) is 5.27. The van der Waals surface area contributed by atoms with Crippen molar-refractivity contribution in [2.75, 3.05) is 13.2 Å². The third-order valence-corrected chi connectivity index (χ3v) is 2.05. The van der Waals surface area contributed by atoms with Crippen LogP contribution >= 0.6 is 0 Å². The molecule has 0 aliphatic rings.